The number of pyridine rings is 1. The fraction of sp³-hybridized carbons (Fsp3) is 0.538. The summed E-state index contributed by atoms with van der Waals surface area (Å²) in [7, 11) is 3.43. The van der Waals surface area contributed by atoms with Gasteiger partial charge in [0.1, 0.15) is 11.8 Å². The van der Waals surface area contributed by atoms with Crippen molar-refractivity contribution >= 4 is 5.69 Å². The zero-order valence-corrected chi connectivity index (χ0v) is 10.7. The lowest BCUT2D eigenvalue weighted by molar-refractivity contribution is 0.111. The van der Waals surface area contributed by atoms with E-state index >= 15 is 0 Å². The average molecular weight is 247 g/mol. The minimum Gasteiger partial charge on any atom is -0.383 e. The number of hydrogen-bond acceptors (Lipinski definition) is 5. The normalized spacial score (nSPS) is 23.1. The van der Waals surface area contributed by atoms with Gasteiger partial charge < -0.3 is 14.4 Å². The first kappa shape index (κ1) is 12.8. The van der Waals surface area contributed by atoms with Crippen LogP contribution < -0.4 is 4.90 Å². The number of anilines is 1. The first-order chi connectivity index (χ1) is 8.78. The smallest absolute Gasteiger partial charge is 0.140 e. The molecule has 0 saturated carbocycles. The van der Waals surface area contributed by atoms with Gasteiger partial charge in [-0.1, -0.05) is 0 Å². The molecule has 2 rings (SSSR count). The Hall–Kier alpha value is -1.64. The van der Waals surface area contributed by atoms with Crippen LogP contribution in [0.15, 0.2) is 18.3 Å². The van der Waals surface area contributed by atoms with E-state index in [4.69, 9.17) is 14.7 Å². The predicted molar refractivity (Wildman–Crippen MR) is 67.4 cm³/mol. The van der Waals surface area contributed by atoms with E-state index in [-0.39, 0.29) is 6.10 Å². The standard InChI is InChI=1S/C13H17N3O2/c1-17-9-12-5-13(18-2)8-16(12)11-4-3-10(6-14)15-7-11/h3-4,7,12-13H,5,8-9H2,1-2H3/t12-,13-/m0/s1. The third-order valence-electron chi connectivity index (χ3n) is 3.26. The van der Waals surface area contributed by atoms with Gasteiger partial charge in [-0.25, -0.2) is 4.98 Å². The Labute approximate surface area is 107 Å². The molecule has 1 aromatic rings. The van der Waals surface area contributed by atoms with Gasteiger partial charge in [0.2, 0.25) is 0 Å². The Morgan fingerprint density at radius 3 is 2.89 bits per heavy atom. The second-order valence-corrected chi connectivity index (χ2v) is 4.37. The number of aromatic nitrogens is 1. The third-order valence-corrected chi connectivity index (χ3v) is 3.26. The molecule has 5 nitrogen and oxygen atoms in total. The highest BCUT2D eigenvalue weighted by Crippen LogP contribution is 2.26. The third kappa shape index (κ3) is 2.61. The van der Waals surface area contributed by atoms with Crippen LogP contribution in [0.1, 0.15) is 12.1 Å². The summed E-state index contributed by atoms with van der Waals surface area (Å²) in [6, 6.07) is 5.98. The molecule has 5 heteroatoms. The molecule has 96 valence electrons. The molecule has 1 aliphatic heterocycles. The van der Waals surface area contributed by atoms with E-state index in [1.807, 2.05) is 12.1 Å². The van der Waals surface area contributed by atoms with Gasteiger partial charge in [-0.3, -0.25) is 0 Å². The molecule has 2 heterocycles. The first-order valence-corrected chi connectivity index (χ1v) is 5.93. The van der Waals surface area contributed by atoms with Crippen LogP contribution in [-0.4, -0.2) is 44.5 Å². The second kappa shape index (κ2) is 5.80. The molecule has 1 aliphatic rings. The minimum absolute atomic E-state index is 0.223. The lowest BCUT2D eigenvalue weighted by Crippen LogP contribution is -2.33. The van der Waals surface area contributed by atoms with Crippen molar-refractivity contribution in [2.24, 2.45) is 0 Å². The van der Waals surface area contributed by atoms with Crippen LogP contribution in [0.25, 0.3) is 0 Å². The maximum absolute atomic E-state index is 8.74. The lowest BCUT2D eigenvalue weighted by atomic mass is 10.2. The van der Waals surface area contributed by atoms with Crippen molar-refractivity contribution < 1.29 is 9.47 Å². The Morgan fingerprint density at radius 2 is 2.33 bits per heavy atom. The molecule has 0 radical (unpaired) electrons. The molecule has 1 aromatic heterocycles. The van der Waals surface area contributed by atoms with Gasteiger partial charge in [-0.05, 0) is 18.6 Å². The van der Waals surface area contributed by atoms with Crippen LogP contribution in [0.5, 0.6) is 0 Å². The van der Waals surface area contributed by atoms with Crippen LogP contribution in [0.2, 0.25) is 0 Å². The summed E-state index contributed by atoms with van der Waals surface area (Å²) in [5.74, 6) is 0. The van der Waals surface area contributed by atoms with E-state index in [9.17, 15) is 0 Å². The van der Waals surface area contributed by atoms with Crippen LogP contribution in [-0.2, 0) is 9.47 Å². The summed E-state index contributed by atoms with van der Waals surface area (Å²) in [6.45, 7) is 1.50. The minimum atomic E-state index is 0.223. The molecular weight excluding hydrogens is 230 g/mol. The highest BCUT2D eigenvalue weighted by Gasteiger charge is 2.32. The molecule has 1 fully saturated rings. The fourth-order valence-electron chi connectivity index (χ4n) is 2.33. The number of nitrogens with zero attached hydrogens (tertiary/aromatic N) is 3. The van der Waals surface area contributed by atoms with Crippen molar-refractivity contribution in [3.05, 3.63) is 24.0 Å². The topological polar surface area (TPSA) is 58.4 Å². The van der Waals surface area contributed by atoms with E-state index < -0.39 is 0 Å². The molecule has 0 N–H and O–H groups in total. The number of methoxy groups -OCH3 is 2. The summed E-state index contributed by atoms with van der Waals surface area (Å²) in [5.41, 5.74) is 1.44. The number of ether oxygens (including phenoxy) is 2. The quantitative estimate of drug-likeness (QED) is 0.800. The van der Waals surface area contributed by atoms with Crippen LogP contribution in [0, 0.1) is 11.3 Å². The molecule has 0 aliphatic carbocycles. The summed E-state index contributed by atoms with van der Waals surface area (Å²) >= 11 is 0. The summed E-state index contributed by atoms with van der Waals surface area (Å²) in [4.78, 5) is 6.33. The van der Waals surface area contributed by atoms with Gasteiger partial charge in [0.05, 0.1) is 30.6 Å². The van der Waals surface area contributed by atoms with Gasteiger partial charge in [0.25, 0.3) is 0 Å². The Bertz CT molecular complexity index is 427. The molecule has 2 atom stereocenters. The van der Waals surface area contributed by atoms with Gasteiger partial charge in [-0.2, -0.15) is 5.26 Å². The Kier molecular flexibility index (Phi) is 4.13. The maximum Gasteiger partial charge on any atom is 0.140 e. The number of nitriles is 1. The summed E-state index contributed by atoms with van der Waals surface area (Å²) < 4.78 is 10.7. The first-order valence-electron chi connectivity index (χ1n) is 5.93. The predicted octanol–water partition coefficient (Wildman–Crippen LogP) is 1.19. The maximum atomic E-state index is 8.74. The van der Waals surface area contributed by atoms with Crippen molar-refractivity contribution in [1.82, 2.24) is 4.98 Å². The molecule has 0 spiro atoms. The lowest BCUT2D eigenvalue weighted by Gasteiger charge is -2.25. The molecule has 0 amide bonds. The SMILES string of the molecule is COC[C@@H]1C[C@H](OC)CN1c1ccc(C#N)nc1. The van der Waals surface area contributed by atoms with Gasteiger partial charge >= 0.3 is 0 Å². The van der Waals surface area contributed by atoms with Crippen molar-refractivity contribution in [3.63, 3.8) is 0 Å². The molecule has 0 aromatic carbocycles. The van der Waals surface area contributed by atoms with Crippen LogP contribution in [0.4, 0.5) is 5.69 Å². The highest BCUT2D eigenvalue weighted by atomic mass is 16.5. The average Bonchev–Trinajstić information content (AvgIpc) is 2.82. The number of rotatable bonds is 4. The van der Waals surface area contributed by atoms with E-state index in [2.05, 4.69) is 9.88 Å². The van der Waals surface area contributed by atoms with Gasteiger partial charge in [0, 0.05) is 20.8 Å². The highest BCUT2D eigenvalue weighted by molar-refractivity contribution is 5.48. The monoisotopic (exact) mass is 247 g/mol. The van der Waals surface area contributed by atoms with Crippen molar-refractivity contribution in [3.8, 4) is 6.07 Å². The van der Waals surface area contributed by atoms with Crippen LogP contribution in [0.3, 0.4) is 0 Å². The van der Waals surface area contributed by atoms with Crippen molar-refractivity contribution in [1.29, 1.82) is 5.26 Å². The molecule has 0 bridgehead atoms. The Morgan fingerprint density at radius 1 is 1.50 bits per heavy atom. The zero-order chi connectivity index (χ0) is 13.0. The molecule has 0 unspecified atom stereocenters. The molecule has 1 saturated heterocycles. The van der Waals surface area contributed by atoms with Crippen molar-refractivity contribution in [2.75, 3.05) is 32.3 Å². The molecule has 18 heavy (non-hydrogen) atoms. The second-order valence-electron chi connectivity index (χ2n) is 4.37. The fourth-order valence-corrected chi connectivity index (χ4v) is 2.33. The van der Waals surface area contributed by atoms with E-state index in [1.165, 1.54) is 0 Å². The summed E-state index contributed by atoms with van der Waals surface area (Å²) in [6.07, 6.45) is 2.91. The zero-order valence-electron chi connectivity index (χ0n) is 10.7. The van der Waals surface area contributed by atoms with Crippen molar-refractivity contribution in [2.45, 2.75) is 18.6 Å². The van der Waals surface area contributed by atoms with Gasteiger partial charge in [-0.15, -0.1) is 0 Å². The van der Waals surface area contributed by atoms with E-state index in [0.29, 0.717) is 18.3 Å². The van der Waals surface area contributed by atoms with Gasteiger partial charge in [0.15, 0.2) is 0 Å². The van der Waals surface area contributed by atoms with E-state index in [1.54, 1.807) is 26.5 Å². The Balaban J connectivity index is 2.16. The van der Waals surface area contributed by atoms with Crippen LogP contribution >= 0.6 is 0 Å². The number of hydrogen-bond donors (Lipinski definition) is 0. The van der Waals surface area contributed by atoms with E-state index in [0.717, 1.165) is 18.7 Å². The largest absolute Gasteiger partial charge is 0.383 e. The summed E-state index contributed by atoms with van der Waals surface area (Å²) in [5, 5.41) is 8.74. The molecular formula is C13H17N3O2.